The van der Waals surface area contributed by atoms with Crippen molar-refractivity contribution in [3.05, 3.63) is 57.6 Å². The second kappa shape index (κ2) is 8.90. The Kier molecular flexibility index (Phi) is 7.11. The highest BCUT2D eigenvalue weighted by Gasteiger charge is 2.31. The van der Waals surface area contributed by atoms with Gasteiger partial charge in [0, 0.05) is 15.4 Å². The van der Waals surface area contributed by atoms with Crippen molar-refractivity contribution >= 4 is 37.8 Å². The van der Waals surface area contributed by atoms with E-state index in [2.05, 4.69) is 31.9 Å². The zero-order valence-corrected chi connectivity index (χ0v) is 16.9. The van der Waals surface area contributed by atoms with Gasteiger partial charge in [-0.05, 0) is 48.9 Å². The molecule has 3 nitrogen and oxygen atoms in total. The number of carbonyl (C=O) groups is 1. The molecule has 8 heteroatoms. The van der Waals surface area contributed by atoms with Crippen LogP contribution >= 0.6 is 31.9 Å². The van der Waals surface area contributed by atoms with Crippen molar-refractivity contribution in [2.75, 3.05) is 6.61 Å². The number of hydrogen-bond donors (Lipinski definition) is 0. The van der Waals surface area contributed by atoms with Crippen molar-refractivity contribution in [2.45, 2.75) is 24.9 Å². The van der Waals surface area contributed by atoms with E-state index in [9.17, 15) is 18.0 Å². The van der Waals surface area contributed by atoms with E-state index in [1.807, 2.05) is 0 Å². The molecule has 2 rings (SSSR count). The first-order chi connectivity index (χ1) is 12.2. The maximum Gasteiger partial charge on any atom is 0.416 e. The van der Waals surface area contributed by atoms with Crippen LogP contribution in [0.15, 0.2) is 40.9 Å². The predicted molar refractivity (Wildman–Crippen MR) is 98.6 cm³/mol. The fraction of sp³-hybridized carbons (Fsp3) is 0.278. The highest BCUT2D eigenvalue weighted by molar-refractivity contribution is 9.10. The van der Waals surface area contributed by atoms with E-state index in [0.717, 1.165) is 22.2 Å². The largest absolute Gasteiger partial charge is 0.466 e. The quantitative estimate of drug-likeness (QED) is 0.350. The molecule has 26 heavy (non-hydrogen) atoms. The van der Waals surface area contributed by atoms with Gasteiger partial charge < -0.3 is 9.47 Å². The topological polar surface area (TPSA) is 35.5 Å². The summed E-state index contributed by atoms with van der Waals surface area (Å²) in [4.78, 5) is 11.6. The third kappa shape index (κ3) is 5.74. The van der Waals surface area contributed by atoms with Gasteiger partial charge in [0.2, 0.25) is 0 Å². The molecule has 0 N–H and O–H groups in total. The van der Waals surface area contributed by atoms with Crippen molar-refractivity contribution in [2.24, 2.45) is 0 Å². The van der Waals surface area contributed by atoms with Crippen molar-refractivity contribution in [3.63, 3.8) is 0 Å². The van der Waals surface area contributed by atoms with Gasteiger partial charge in [-0.1, -0.05) is 31.9 Å². The van der Waals surface area contributed by atoms with E-state index in [0.29, 0.717) is 11.1 Å². The van der Waals surface area contributed by atoms with Crippen molar-refractivity contribution < 1.29 is 27.4 Å². The van der Waals surface area contributed by atoms with Gasteiger partial charge >= 0.3 is 12.1 Å². The molecule has 0 atom stereocenters. The van der Waals surface area contributed by atoms with Gasteiger partial charge in [-0.2, -0.15) is 13.2 Å². The van der Waals surface area contributed by atoms with Crippen LogP contribution in [-0.4, -0.2) is 12.6 Å². The van der Waals surface area contributed by atoms with Crippen LogP contribution in [0.2, 0.25) is 0 Å². The molecule has 0 fully saturated rings. The van der Waals surface area contributed by atoms with Crippen molar-refractivity contribution in [1.29, 1.82) is 0 Å². The van der Waals surface area contributed by atoms with Gasteiger partial charge in [0.1, 0.15) is 11.5 Å². The number of rotatable bonds is 6. The zero-order valence-electron chi connectivity index (χ0n) is 13.7. The summed E-state index contributed by atoms with van der Waals surface area (Å²) in [7, 11) is 0. The lowest BCUT2D eigenvalue weighted by Gasteiger charge is -2.14. The van der Waals surface area contributed by atoms with Crippen LogP contribution in [0.4, 0.5) is 13.2 Å². The summed E-state index contributed by atoms with van der Waals surface area (Å²) in [5.74, 6) is -0.169. The lowest BCUT2D eigenvalue weighted by atomic mass is 10.1. The third-order valence-electron chi connectivity index (χ3n) is 3.34. The summed E-state index contributed by atoms with van der Waals surface area (Å²) in [6, 6.07) is 8.44. The number of halogens is 5. The molecular weight excluding hydrogens is 481 g/mol. The van der Waals surface area contributed by atoms with Crippen LogP contribution in [0, 0.1) is 0 Å². The molecule has 0 saturated carbocycles. The summed E-state index contributed by atoms with van der Waals surface area (Å²) in [5, 5.41) is 0.469. The standard InChI is InChI=1S/C18H15Br2F3O3/c1-2-25-17(24)7-11-5-13(18(21,22)23)9-15(6-11)26-16-4-3-14(20)8-12(16)10-19/h3-6,8-9H,2,7,10H2,1H3. The normalized spacial score (nSPS) is 11.3. The second-order valence-corrected chi connectivity index (χ2v) is 6.81. The smallest absolute Gasteiger partial charge is 0.416 e. The van der Waals surface area contributed by atoms with E-state index >= 15 is 0 Å². The lowest BCUT2D eigenvalue weighted by molar-refractivity contribution is -0.142. The SMILES string of the molecule is CCOC(=O)Cc1cc(Oc2ccc(Br)cc2CBr)cc(C(F)(F)F)c1. The van der Waals surface area contributed by atoms with Gasteiger partial charge in [-0.15, -0.1) is 0 Å². The minimum Gasteiger partial charge on any atom is -0.466 e. The van der Waals surface area contributed by atoms with Crippen LogP contribution in [0.1, 0.15) is 23.6 Å². The maximum atomic E-state index is 13.2. The maximum absolute atomic E-state index is 13.2. The van der Waals surface area contributed by atoms with E-state index in [1.54, 1.807) is 25.1 Å². The number of ether oxygens (including phenoxy) is 2. The molecule has 2 aromatic rings. The Morgan fingerprint density at radius 2 is 1.88 bits per heavy atom. The minimum atomic E-state index is -4.55. The molecule has 0 bridgehead atoms. The van der Waals surface area contributed by atoms with E-state index in [-0.39, 0.29) is 24.3 Å². The van der Waals surface area contributed by atoms with Crippen molar-refractivity contribution in [1.82, 2.24) is 0 Å². The summed E-state index contributed by atoms with van der Waals surface area (Å²) < 4.78 is 50.9. The molecule has 0 unspecified atom stereocenters. The highest BCUT2D eigenvalue weighted by Crippen LogP contribution is 2.36. The molecular formula is C18H15Br2F3O3. The van der Waals surface area contributed by atoms with E-state index in [1.165, 1.54) is 6.07 Å². The third-order valence-corrected chi connectivity index (χ3v) is 4.44. The molecule has 0 aliphatic carbocycles. The zero-order chi connectivity index (χ0) is 19.3. The summed E-state index contributed by atoms with van der Waals surface area (Å²) in [5.41, 5.74) is 0.0568. The summed E-state index contributed by atoms with van der Waals surface area (Å²) in [6.07, 6.45) is -4.82. The molecule has 2 aromatic carbocycles. The molecule has 0 aliphatic heterocycles. The summed E-state index contributed by atoms with van der Waals surface area (Å²) >= 11 is 6.66. The Labute approximate surface area is 165 Å². The Bertz CT molecular complexity index is 792. The number of benzene rings is 2. The first kappa shape index (κ1) is 20.8. The Hall–Kier alpha value is -1.54. The number of esters is 1. The van der Waals surface area contributed by atoms with Crippen LogP contribution in [0.5, 0.6) is 11.5 Å². The Morgan fingerprint density at radius 1 is 1.15 bits per heavy atom. The summed E-state index contributed by atoms with van der Waals surface area (Å²) in [6.45, 7) is 1.79. The van der Waals surface area contributed by atoms with Gasteiger partial charge in [0.25, 0.3) is 0 Å². The highest BCUT2D eigenvalue weighted by atomic mass is 79.9. The van der Waals surface area contributed by atoms with Crippen LogP contribution < -0.4 is 4.74 Å². The molecule has 0 spiro atoms. The number of hydrogen-bond acceptors (Lipinski definition) is 3. The molecule has 140 valence electrons. The van der Waals surface area contributed by atoms with Crippen LogP contribution in [0.25, 0.3) is 0 Å². The lowest BCUT2D eigenvalue weighted by Crippen LogP contribution is -2.10. The van der Waals surface area contributed by atoms with Gasteiger partial charge in [0.05, 0.1) is 18.6 Å². The molecule has 0 radical (unpaired) electrons. The Balaban J connectivity index is 2.39. The van der Waals surface area contributed by atoms with E-state index in [4.69, 9.17) is 9.47 Å². The van der Waals surface area contributed by atoms with Crippen LogP contribution in [0.3, 0.4) is 0 Å². The van der Waals surface area contributed by atoms with E-state index < -0.39 is 17.7 Å². The molecule has 0 aliphatic rings. The van der Waals surface area contributed by atoms with Crippen molar-refractivity contribution in [3.8, 4) is 11.5 Å². The number of alkyl halides is 4. The molecule has 0 heterocycles. The first-order valence-corrected chi connectivity index (χ1v) is 9.53. The minimum absolute atomic E-state index is 0.00338. The second-order valence-electron chi connectivity index (χ2n) is 5.33. The first-order valence-electron chi connectivity index (χ1n) is 7.62. The average Bonchev–Trinajstić information content (AvgIpc) is 2.55. The fourth-order valence-corrected chi connectivity index (χ4v) is 3.09. The number of carbonyl (C=O) groups excluding carboxylic acids is 1. The van der Waals surface area contributed by atoms with Crippen LogP contribution in [-0.2, 0) is 27.5 Å². The predicted octanol–water partition coefficient (Wildman–Crippen LogP) is 6.26. The molecule has 0 saturated heterocycles. The van der Waals surface area contributed by atoms with Gasteiger partial charge in [-0.25, -0.2) is 0 Å². The fourth-order valence-electron chi connectivity index (χ4n) is 2.24. The monoisotopic (exact) mass is 494 g/mol. The van der Waals surface area contributed by atoms with Gasteiger partial charge in [0.15, 0.2) is 0 Å². The molecule has 0 amide bonds. The molecule has 0 aromatic heterocycles. The Morgan fingerprint density at radius 3 is 2.50 bits per heavy atom. The average molecular weight is 496 g/mol. The van der Waals surface area contributed by atoms with Gasteiger partial charge in [-0.3, -0.25) is 4.79 Å².